The topological polar surface area (TPSA) is 0 Å². The largest absolute Gasteiger partial charge is 0.0799 e. The zero-order valence-electron chi connectivity index (χ0n) is 9.45. The normalized spacial score (nSPS) is 34.5. The van der Waals surface area contributed by atoms with E-state index in [0.717, 1.165) is 18.3 Å². The van der Waals surface area contributed by atoms with Crippen LogP contribution in [-0.2, 0) is 0 Å². The molecule has 0 nitrogen and oxygen atoms in total. The third kappa shape index (κ3) is 1.05. The van der Waals surface area contributed by atoms with Crippen LogP contribution in [0.2, 0.25) is 0 Å². The summed E-state index contributed by atoms with van der Waals surface area (Å²) < 4.78 is 0. The van der Waals surface area contributed by atoms with Gasteiger partial charge in [0.2, 0.25) is 0 Å². The van der Waals surface area contributed by atoms with Crippen LogP contribution in [0.15, 0.2) is 58.7 Å². The van der Waals surface area contributed by atoms with Crippen molar-refractivity contribution in [2.24, 2.45) is 11.8 Å². The summed E-state index contributed by atoms with van der Waals surface area (Å²) in [5, 5.41) is 0. The molecule has 0 radical (unpaired) electrons. The zero-order valence-corrected chi connectivity index (χ0v) is 9.45. The first-order valence-corrected chi connectivity index (χ1v) is 6.42. The average Bonchev–Trinajstić information content (AvgIpc) is 2.36. The van der Waals surface area contributed by atoms with Gasteiger partial charge in [0.05, 0.1) is 0 Å². The maximum atomic E-state index is 2.45. The lowest BCUT2D eigenvalue weighted by molar-refractivity contribution is 0.396. The SMILES string of the molecule is C1=CC2=C3C(=CC=C4CCCC(C=C2)C43)C1. The summed E-state index contributed by atoms with van der Waals surface area (Å²) in [6.07, 6.45) is 19.4. The fourth-order valence-electron chi connectivity index (χ4n) is 3.75. The highest BCUT2D eigenvalue weighted by Crippen LogP contribution is 2.49. The molecule has 1 fully saturated rings. The van der Waals surface area contributed by atoms with E-state index in [1.165, 1.54) is 24.8 Å². The van der Waals surface area contributed by atoms with Crippen LogP contribution in [0, 0.1) is 11.8 Å². The van der Waals surface area contributed by atoms with E-state index in [4.69, 9.17) is 0 Å². The Morgan fingerprint density at radius 1 is 1.12 bits per heavy atom. The van der Waals surface area contributed by atoms with E-state index in [-0.39, 0.29) is 0 Å². The van der Waals surface area contributed by atoms with Gasteiger partial charge in [-0.3, -0.25) is 0 Å². The zero-order chi connectivity index (χ0) is 10.5. The lowest BCUT2D eigenvalue weighted by Gasteiger charge is -2.41. The van der Waals surface area contributed by atoms with Crippen molar-refractivity contribution in [2.45, 2.75) is 25.7 Å². The van der Waals surface area contributed by atoms with Crippen LogP contribution in [-0.4, -0.2) is 0 Å². The molecule has 0 aliphatic heterocycles. The highest BCUT2D eigenvalue weighted by molar-refractivity contribution is 5.59. The van der Waals surface area contributed by atoms with Gasteiger partial charge in [-0.2, -0.15) is 0 Å². The van der Waals surface area contributed by atoms with Crippen molar-refractivity contribution in [1.82, 2.24) is 0 Å². The smallest absolute Gasteiger partial charge is 0.0123 e. The second-order valence-corrected chi connectivity index (χ2v) is 5.30. The first-order valence-electron chi connectivity index (χ1n) is 6.42. The highest BCUT2D eigenvalue weighted by atomic mass is 14.4. The van der Waals surface area contributed by atoms with E-state index in [2.05, 4.69) is 36.5 Å². The summed E-state index contributed by atoms with van der Waals surface area (Å²) >= 11 is 0. The van der Waals surface area contributed by atoms with Gasteiger partial charge in [0.15, 0.2) is 0 Å². The summed E-state index contributed by atoms with van der Waals surface area (Å²) in [6.45, 7) is 0. The summed E-state index contributed by atoms with van der Waals surface area (Å²) in [6, 6.07) is 0. The summed E-state index contributed by atoms with van der Waals surface area (Å²) in [5.74, 6) is 1.52. The molecule has 2 unspecified atom stereocenters. The Bertz CT molecular complexity index is 494. The van der Waals surface area contributed by atoms with Gasteiger partial charge in [0.1, 0.15) is 0 Å². The third-order valence-electron chi connectivity index (χ3n) is 4.46. The van der Waals surface area contributed by atoms with Crippen molar-refractivity contribution >= 4 is 0 Å². The van der Waals surface area contributed by atoms with Crippen LogP contribution >= 0.6 is 0 Å². The molecule has 0 saturated heterocycles. The molecule has 0 heteroatoms. The molecule has 0 aromatic rings. The fraction of sp³-hybridized carbons (Fsp3) is 0.375. The van der Waals surface area contributed by atoms with Gasteiger partial charge in [0.25, 0.3) is 0 Å². The van der Waals surface area contributed by atoms with Gasteiger partial charge in [0, 0.05) is 5.92 Å². The Morgan fingerprint density at radius 3 is 3.12 bits per heavy atom. The number of rotatable bonds is 0. The lowest BCUT2D eigenvalue weighted by atomic mass is 9.63. The van der Waals surface area contributed by atoms with Crippen LogP contribution < -0.4 is 0 Å². The molecule has 16 heavy (non-hydrogen) atoms. The minimum Gasteiger partial charge on any atom is -0.0799 e. The Hall–Kier alpha value is -1.30. The molecule has 0 aromatic carbocycles. The molecule has 80 valence electrons. The van der Waals surface area contributed by atoms with Crippen molar-refractivity contribution < 1.29 is 0 Å². The molecule has 0 bridgehead atoms. The quantitative estimate of drug-likeness (QED) is 0.562. The molecule has 0 heterocycles. The maximum absolute atomic E-state index is 2.45. The van der Waals surface area contributed by atoms with Crippen LogP contribution in [0.5, 0.6) is 0 Å². The van der Waals surface area contributed by atoms with E-state index in [9.17, 15) is 0 Å². The first-order chi connectivity index (χ1) is 7.93. The summed E-state index contributed by atoms with van der Waals surface area (Å²) in [5.41, 5.74) is 6.40. The number of hydrogen-bond acceptors (Lipinski definition) is 0. The standard InChI is InChI=1S/C16H16/c1-3-11-7-9-13-5-2-6-14-10-8-12(4-1)15(11)16(13)14/h1,3,7-10,13,16H,2,4-6H2. The summed E-state index contributed by atoms with van der Waals surface area (Å²) in [7, 11) is 0. The second-order valence-electron chi connectivity index (χ2n) is 5.30. The van der Waals surface area contributed by atoms with Crippen molar-refractivity contribution in [3.05, 3.63) is 58.7 Å². The van der Waals surface area contributed by atoms with Crippen LogP contribution in [0.4, 0.5) is 0 Å². The molecule has 4 aliphatic carbocycles. The van der Waals surface area contributed by atoms with Crippen molar-refractivity contribution in [3.8, 4) is 0 Å². The molecule has 4 rings (SSSR count). The van der Waals surface area contributed by atoms with Crippen LogP contribution in [0.25, 0.3) is 0 Å². The van der Waals surface area contributed by atoms with E-state index in [0.29, 0.717) is 0 Å². The minimum absolute atomic E-state index is 0.735. The maximum Gasteiger partial charge on any atom is 0.0123 e. The monoisotopic (exact) mass is 208 g/mol. The molecule has 0 spiro atoms. The Kier molecular flexibility index (Phi) is 1.71. The Morgan fingerprint density at radius 2 is 2.12 bits per heavy atom. The molecule has 0 aromatic heterocycles. The van der Waals surface area contributed by atoms with E-state index < -0.39 is 0 Å². The van der Waals surface area contributed by atoms with Crippen LogP contribution in [0.3, 0.4) is 0 Å². The van der Waals surface area contributed by atoms with E-state index >= 15 is 0 Å². The predicted molar refractivity (Wildman–Crippen MR) is 66.9 cm³/mol. The molecule has 0 amide bonds. The first kappa shape index (κ1) is 8.81. The third-order valence-corrected chi connectivity index (χ3v) is 4.46. The second kappa shape index (κ2) is 3.10. The molecule has 1 saturated carbocycles. The molecular formula is C16H16. The van der Waals surface area contributed by atoms with Gasteiger partial charge in [-0.1, -0.05) is 42.0 Å². The van der Waals surface area contributed by atoms with Crippen molar-refractivity contribution in [2.75, 3.05) is 0 Å². The van der Waals surface area contributed by atoms with Gasteiger partial charge in [-0.15, -0.1) is 0 Å². The van der Waals surface area contributed by atoms with E-state index in [1.807, 2.05) is 0 Å². The minimum atomic E-state index is 0.735. The van der Waals surface area contributed by atoms with Crippen molar-refractivity contribution in [3.63, 3.8) is 0 Å². The molecular weight excluding hydrogens is 192 g/mol. The lowest BCUT2D eigenvalue weighted by Crippen LogP contribution is -2.28. The van der Waals surface area contributed by atoms with Crippen molar-refractivity contribution in [1.29, 1.82) is 0 Å². The molecule has 0 N–H and O–H groups in total. The van der Waals surface area contributed by atoms with Gasteiger partial charge >= 0.3 is 0 Å². The fourth-order valence-corrected chi connectivity index (χ4v) is 3.75. The van der Waals surface area contributed by atoms with Gasteiger partial charge in [-0.05, 0) is 48.3 Å². The Labute approximate surface area is 96.7 Å². The van der Waals surface area contributed by atoms with E-state index in [1.54, 1.807) is 16.7 Å². The average molecular weight is 208 g/mol. The number of hydrogen-bond donors (Lipinski definition) is 0. The molecule has 2 atom stereocenters. The van der Waals surface area contributed by atoms with Gasteiger partial charge in [-0.25, -0.2) is 0 Å². The molecule has 4 aliphatic rings. The highest BCUT2D eigenvalue weighted by Gasteiger charge is 2.36. The Balaban J connectivity index is 1.95. The summed E-state index contributed by atoms with van der Waals surface area (Å²) in [4.78, 5) is 0. The van der Waals surface area contributed by atoms with Crippen LogP contribution in [0.1, 0.15) is 25.7 Å². The van der Waals surface area contributed by atoms with Gasteiger partial charge < -0.3 is 0 Å². The number of allylic oxidation sites excluding steroid dienone is 10. The predicted octanol–water partition coefficient (Wildman–Crippen LogP) is 4.10.